The highest BCUT2D eigenvalue weighted by Crippen LogP contribution is 2.29. The van der Waals surface area contributed by atoms with Gasteiger partial charge in [0, 0.05) is 51.0 Å². The first-order valence-corrected chi connectivity index (χ1v) is 10.8. The van der Waals surface area contributed by atoms with Gasteiger partial charge in [-0.1, -0.05) is 26.0 Å². The van der Waals surface area contributed by atoms with E-state index < -0.39 is 11.7 Å². The molecule has 1 aromatic heterocycles. The van der Waals surface area contributed by atoms with Crippen LogP contribution in [0.2, 0.25) is 0 Å². The number of hydrogen-bond acceptors (Lipinski definition) is 4. The van der Waals surface area contributed by atoms with Crippen LogP contribution in [0.1, 0.15) is 31.4 Å². The van der Waals surface area contributed by atoms with Crippen molar-refractivity contribution >= 4 is 23.4 Å². The fraction of sp³-hybridized carbons (Fsp3) is 0.435. The molecule has 3 rings (SSSR count). The van der Waals surface area contributed by atoms with Crippen molar-refractivity contribution in [1.82, 2.24) is 15.2 Å². The second-order valence-corrected chi connectivity index (χ2v) is 8.38. The molecule has 0 saturated carbocycles. The molecule has 3 amide bonds. The summed E-state index contributed by atoms with van der Waals surface area (Å²) in [5, 5.41) is 5.74. The third-order valence-electron chi connectivity index (χ3n) is 5.21. The lowest BCUT2D eigenvalue weighted by atomic mass is 10.1. The van der Waals surface area contributed by atoms with E-state index >= 15 is 0 Å². The number of nitrogens with one attached hydrogen (secondary N) is 2. The summed E-state index contributed by atoms with van der Waals surface area (Å²) in [4.78, 5) is 31.9. The number of pyridine rings is 1. The maximum Gasteiger partial charge on any atom is 0.417 e. The number of carbonyl (C=O) groups excluding carboxylic acids is 2. The standard InChI is InChI=1S/C23H28F3N5O2/c1-16(2)12-21(32)29-19-5-3-4-17(13-19)14-28-22(33)31-10-8-30(9-11-31)20-7-6-18(15-27-20)23(24,25)26/h3-7,13,15-16H,8-12,14H2,1-2H3,(H,28,33)(H,29,32). The Morgan fingerprint density at radius 3 is 2.42 bits per heavy atom. The van der Waals surface area contributed by atoms with Crippen LogP contribution < -0.4 is 15.5 Å². The van der Waals surface area contributed by atoms with E-state index in [1.165, 1.54) is 6.07 Å². The number of alkyl halides is 3. The van der Waals surface area contributed by atoms with Gasteiger partial charge in [0.2, 0.25) is 5.91 Å². The van der Waals surface area contributed by atoms with E-state index in [0.717, 1.165) is 17.8 Å². The summed E-state index contributed by atoms with van der Waals surface area (Å²) in [6, 6.07) is 9.47. The van der Waals surface area contributed by atoms with E-state index in [9.17, 15) is 22.8 Å². The molecule has 1 aromatic carbocycles. The second kappa shape index (κ2) is 10.5. The van der Waals surface area contributed by atoms with Crippen molar-refractivity contribution in [2.24, 2.45) is 5.92 Å². The predicted molar refractivity (Wildman–Crippen MR) is 120 cm³/mol. The number of anilines is 2. The summed E-state index contributed by atoms with van der Waals surface area (Å²) in [5.41, 5.74) is 0.760. The van der Waals surface area contributed by atoms with E-state index in [2.05, 4.69) is 15.6 Å². The van der Waals surface area contributed by atoms with Gasteiger partial charge >= 0.3 is 12.2 Å². The second-order valence-electron chi connectivity index (χ2n) is 8.38. The van der Waals surface area contributed by atoms with Crippen LogP contribution in [0.4, 0.5) is 29.5 Å². The lowest BCUT2D eigenvalue weighted by Gasteiger charge is -2.35. The summed E-state index contributed by atoms with van der Waals surface area (Å²) in [5.74, 6) is 0.675. The maximum atomic E-state index is 12.7. The van der Waals surface area contributed by atoms with E-state index in [1.807, 2.05) is 36.9 Å². The van der Waals surface area contributed by atoms with E-state index in [-0.39, 0.29) is 17.9 Å². The van der Waals surface area contributed by atoms with E-state index in [4.69, 9.17) is 0 Å². The monoisotopic (exact) mass is 463 g/mol. The number of urea groups is 1. The van der Waals surface area contributed by atoms with Gasteiger partial charge < -0.3 is 20.4 Å². The molecule has 1 fully saturated rings. The highest BCUT2D eigenvalue weighted by atomic mass is 19.4. The highest BCUT2D eigenvalue weighted by molar-refractivity contribution is 5.90. The van der Waals surface area contributed by atoms with Gasteiger partial charge in [-0.25, -0.2) is 9.78 Å². The van der Waals surface area contributed by atoms with Gasteiger partial charge in [-0.2, -0.15) is 13.2 Å². The Morgan fingerprint density at radius 2 is 1.82 bits per heavy atom. The molecule has 0 radical (unpaired) electrons. The Balaban J connectivity index is 1.47. The van der Waals surface area contributed by atoms with Crippen LogP contribution >= 0.6 is 0 Å². The quantitative estimate of drug-likeness (QED) is 0.676. The highest BCUT2D eigenvalue weighted by Gasteiger charge is 2.31. The van der Waals surface area contributed by atoms with Gasteiger partial charge in [-0.3, -0.25) is 4.79 Å². The van der Waals surface area contributed by atoms with Crippen molar-refractivity contribution < 1.29 is 22.8 Å². The van der Waals surface area contributed by atoms with Crippen LogP contribution in [0, 0.1) is 5.92 Å². The Kier molecular flexibility index (Phi) is 7.78. The first-order chi connectivity index (χ1) is 15.6. The van der Waals surface area contributed by atoms with Crippen molar-refractivity contribution in [3.05, 3.63) is 53.7 Å². The Hall–Kier alpha value is -3.30. The number of halogens is 3. The fourth-order valence-electron chi connectivity index (χ4n) is 3.51. The molecule has 2 heterocycles. The molecule has 1 saturated heterocycles. The molecule has 0 bridgehead atoms. The lowest BCUT2D eigenvalue weighted by molar-refractivity contribution is -0.137. The van der Waals surface area contributed by atoms with E-state index in [1.54, 1.807) is 11.0 Å². The summed E-state index contributed by atoms with van der Waals surface area (Å²) in [7, 11) is 0. The SMILES string of the molecule is CC(C)CC(=O)Nc1cccc(CNC(=O)N2CCN(c3ccc(C(F)(F)F)cn3)CC2)c1. The van der Waals surface area contributed by atoms with Crippen LogP contribution in [0.15, 0.2) is 42.6 Å². The molecule has 0 aliphatic carbocycles. The molecule has 10 heteroatoms. The van der Waals surface area contributed by atoms with Crippen LogP contribution in [0.5, 0.6) is 0 Å². The molecular weight excluding hydrogens is 435 g/mol. The Labute approximate surface area is 191 Å². The maximum absolute atomic E-state index is 12.7. The first-order valence-electron chi connectivity index (χ1n) is 10.8. The number of carbonyl (C=O) groups is 2. The molecule has 33 heavy (non-hydrogen) atoms. The van der Waals surface area contributed by atoms with Crippen molar-refractivity contribution in [1.29, 1.82) is 0 Å². The zero-order valence-electron chi connectivity index (χ0n) is 18.7. The average molecular weight is 464 g/mol. The Morgan fingerprint density at radius 1 is 1.09 bits per heavy atom. The number of nitrogens with zero attached hydrogens (tertiary/aromatic N) is 3. The zero-order chi connectivity index (χ0) is 24.0. The molecule has 1 aliphatic rings. The van der Waals surface area contributed by atoms with Crippen LogP contribution in [0.25, 0.3) is 0 Å². The van der Waals surface area contributed by atoms with Gasteiger partial charge in [0.15, 0.2) is 0 Å². The number of amides is 3. The number of benzene rings is 1. The van der Waals surface area contributed by atoms with Gasteiger partial charge in [-0.15, -0.1) is 0 Å². The van der Waals surface area contributed by atoms with Crippen LogP contribution in [-0.2, 0) is 17.5 Å². The van der Waals surface area contributed by atoms with Gasteiger partial charge in [0.25, 0.3) is 0 Å². The van der Waals surface area contributed by atoms with Gasteiger partial charge in [0.1, 0.15) is 5.82 Å². The largest absolute Gasteiger partial charge is 0.417 e. The number of aromatic nitrogens is 1. The third-order valence-corrected chi connectivity index (χ3v) is 5.21. The Bertz CT molecular complexity index is 955. The normalized spacial score (nSPS) is 14.4. The van der Waals surface area contributed by atoms with Crippen molar-refractivity contribution in [2.75, 3.05) is 36.4 Å². The molecule has 0 unspecified atom stereocenters. The molecule has 2 N–H and O–H groups in total. The third kappa shape index (κ3) is 7.10. The molecule has 0 atom stereocenters. The predicted octanol–water partition coefficient (Wildman–Crippen LogP) is 4.12. The number of rotatable bonds is 6. The number of hydrogen-bond donors (Lipinski definition) is 2. The summed E-state index contributed by atoms with van der Waals surface area (Å²) >= 11 is 0. The summed E-state index contributed by atoms with van der Waals surface area (Å²) in [6.45, 7) is 6.08. The fourth-order valence-corrected chi connectivity index (χ4v) is 3.51. The van der Waals surface area contributed by atoms with Crippen molar-refractivity contribution in [3.63, 3.8) is 0 Å². The summed E-state index contributed by atoms with van der Waals surface area (Å²) in [6.07, 6.45) is -3.15. The topological polar surface area (TPSA) is 77.6 Å². The molecule has 7 nitrogen and oxygen atoms in total. The van der Waals surface area contributed by atoms with Crippen LogP contribution in [-0.4, -0.2) is 48.0 Å². The minimum Gasteiger partial charge on any atom is -0.353 e. The molecule has 1 aliphatic heterocycles. The molecular formula is C23H28F3N5O2. The van der Waals surface area contributed by atoms with Crippen molar-refractivity contribution in [3.8, 4) is 0 Å². The number of piperazine rings is 1. The first kappa shape index (κ1) is 24.3. The molecule has 0 spiro atoms. The average Bonchev–Trinajstić information content (AvgIpc) is 2.77. The van der Waals surface area contributed by atoms with Crippen molar-refractivity contribution in [2.45, 2.75) is 33.0 Å². The summed E-state index contributed by atoms with van der Waals surface area (Å²) < 4.78 is 38.1. The lowest BCUT2D eigenvalue weighted by Crippen LogP contribution is -2.51. The smallest absolute Gasteiger partial charge is 0.353 e. The minimum atomic E-state index is -4.42. The van der Waals surface area contributed by atoms with Crippen LogP contribution in [0.3, 0.4) is 0 Å². The molecule has 178 valence electrons. The minimum absolute atomic E-state index is 0.0495. The van der Waals surface area contributed by atoms with E-state index in [0.29, 0.717) is 50.6 Å². The molecule has 2 aromatic rings. The van der Waals surface area contributed by atoms with Gasteiger partial charge in [0.05, 0.1) is 5.56 Å². The van der Waals surface area contributed by atoms with Gasteiger partial charge in [-0.05, 0) is 35.7 Å². The zero-order valence-corrected chi connectivity index (χ0v) is 18.7.